The summed E-state index contributed by atoms with van der Waals surface area (Å²) in [7, 11) is 0. The van der Waals surface area contributed by atoms with Crippen molar-refractivity contribution in [2.24, 2.45) is 5.73 Å². The highest BCUT2D eigenvalue weighted by Gasteiger charge is 2.45. The molecule has 2 amide bonds. The molecule has 1 aliphatic carbocycles. The van der Waals surface area contributed by atoms with Crippen molar-refractivity contribution in [1.82, 2.24) is 14.7 Å². The molecule has 2 heterocycles. The zero-order chi connectivity index (χ0) is 24.3. The number of benzene rings is 2. The van der Waals surface area contributed by atoms with Gasteiger partial charge in [0.1, 0.15) is 0 Å². The van der Waals surface area contributed by atoms with E-state index in [1.807, 2.05) is 0 Å². The van der Waals surface area contributed by atoms with Gasteiger partial charge in [-0.2, -0.15) is 18.3 Å². The Morgan fingerprint density at radius 2 is 1.94 bits per heavy atom. The molecule has 176 valence electrons. The molecule has 0 atom stereocenters. The van der Waals surface area contributed by atoms with Crippen LogP contribution in [0.2, 0.25) is 5.02 Å². The monoisotopic (exact) mass is 506 g/mol. The number of hydrogen-bond acceptors (Lipinski definition) is 5. The molecule has 2 N–H and O–H groups in total. The van der Waals surface area contributed by atoms with E-state index in [-0.39, 0.29) is 34.8 Å². The number of rotatable bonds is 5. The second-order valence-electron chi connectivity index (χ2n) is 8.55. The summed E-state index contributed by atoms with van der Waals surface area (Å²) in [5.41, 5.74) is 6.14. The molecule has 0 bridgehead atoms. The first-order valence-electron chi connectivity index (χ1n) is 10.4. The number of amides is 2. The Bertz CT molecular complexity index is 1360. The molecule has 3 aromatic rings. The standard InChI is InChI=1S/C23H18ClF3N4O2S/c24-16-3-2-14(17(9-16)23(25,26)27)11-31-18-4-1-13(7-15(18)10-29-31)8-19-20(32)30(21(33)34-19)12-22(28)5-6-22/h1-4,7-10H,5-6,11-12,28H2/b19-8-. The summed E-state index contributed by atoms with van der Waals surface area (Å²) >= 11 is 6.63. The van der Waals surface area contributed by atoms with Gasteiger partial charge in [0, 0.05) is 22.5 Å². The third-order valence-electron chi connectivity index (χ3n) is 5.90. The lowest BCUT2D eigenvalue weighted by Crippen LogP contribution is -2.41. The minimum atomic E-state index is -4.54. The van der Waals surface area contributed by atoms with Crippen LogP contribution in [-0.2, 0) is 17.5 Å². The largest absolute Gasteiger partial charge is 0.416 e. The second kappa shape index (κ2) is 8.14. The number of carbonyl (C=O) groups excluding carboxylic acids is 2. The summed E-state index contributed by atoms with van der Waals surface area (Å²) in [6.45, 7) is 0.125. The highest BCUT2D eigenvalue weighted by Crippen LogP contribution is 2.39. The summed E-state index contributed by atoms with van der Waals surface area (Å²) in [6.07, 6.45) is 0.206. The number of hydrogen-bond donors (Lipinski definition) is 1. The third kappa shape index (κ3) is 4.45. The number of imide groups is 1. The van der Waals surface area contributed by atoms with Crippen LogP contribution >= 0.6 is 23.4 Å². The molecular formula is C23H18ClF3N4O2S. The Morgan fingerprint density at radius 1 is 1.18 bits per heavy atom. The van der Waals surface area contributed by atoms with Gasteiger partial charge in [-0.25, -0.2) is 0 Å². The zero-order valence-electron chi connectivity index (χ0n) is 17.6. The number of aromatic nitrogens is 2. The molecule has 2 aromatic carbocycles. The fourth-order valence-electron chi connectivity index (χ4n) is 3.85. The van der Waals surface area contributed by atoms with Crippen molar-refractivity contribution < 1.29 is 22.8 Å². The lowest BCUT2D eigenvalue weighted by molar-refractivity contribution is -0.138. The van der Waals surface area contributed by atoms with E-state index in [0.717, 1.165) is 30.7 Å². The van der Waals surface area contributed by atoms with E-state index in [1.165, 1.54) is 21.7 Å². The average molecular weight is 507 g/mol. The van der Waals surface area contributed by atoms with Crippen LogP contribution in [0.3, 0.4) is 0 Å². The van der Waals surface area contributed by atoms with Crippen molar-refractivity contribution in [3.8, 4) is 0 Å². The number of thioether (sulfide) groups is 1. The first-order chi connectivity index (χ1) is 16.0. The maximum Gasteiger partial charge on any atom is 0.416 e. The van der Waals surface area contributed by atoms with Crippen LogP contribution in [0.4, 0.5) is 18.0 Å². The molecule has 1 aliphatic heterocycles. The van der Waals surface area contributed by atoms with Crippen LogP contribution in [0.5, 0.6) is 0 Å². The summed E-state index contributed by atoms with van der Waals surface area (Å²) in [5, 5.41) is 4.60. The van der Waals surface area contributed by atoms with Crippen molar-refractivity contribution >= 4 is 51.5 Å². The average Bonchev–Trinajstić information content (AvgIpc) is 3.29. The minimum Gasteiger partial charge on any atom is -0.324 e. The van der Waals surface area contributed by atoms with Crippen molar-refractivity contribution in [2.75, 3.05) is 6.54 Å². The van der Waals surface area contributed by atoms with Gasteiger partial charge in [-0.3, -0.25) is 19.2 Å². The first kappa shape index (κ1) is 22.9. The van der Waals surface area contributed by atoms with Gasteiger partial charge in [0.2, 0.25) is 0 Å². The van der Waals surface area contributed by atoms with Gasteiger partial charge >= 0.3 is 6.18 Å². The van der Waals surface area contributed by atoms with Crippen molar-refractivity contribution in [2.45, 2.75) is 31.1 Å². The van der Waals surface area contributed by atoms with Crippen molar-refractivity contribution in [3.05, 3.63) is 69.2 Å². The van der Waals surface area contributed by atoms with Crippen LogP contribution < -0.4 is 5.73 Å². The number of nitrogens with zero attached hydrogens (tertiary/aromatic N) is 3. The summed E-state index contributed by atoms with van der Waals surface area (Å²) in [4.78, 5) is 26.4. The zero-order valence-corrected chi connectivity index (χ0v) is 19.2. The Kier molecular flexibility index (Phi) is 5.50. The molecule has 1 saturated heterocycles. The molecular weight excluding hydrogens is 489 g/mol. The Hall–Kier alpha value is -2.82. The molecule has 6 nitrogen and oxygen atoms in total. The third-order valence-corrected chi connectivity index (χ3v) is 7.04. The van der Waals surface area contributed by atoms with Crippen LogP contribution in [0.15, 0.2) is 47.5 Å². The summed E-state index contributed by atoms with van der Waals surface area (Å²) in [6, 6.07) is 8.88. The molecule has 2 aliphatic rings. The highest BCUT2D eigenvalue weighted by molar-refractivity contribution is 8.18. The number of carbonyl (C=O) groups is 2. The maximum absolute atomic E-state index is 13.4. The first-order valence-corrected chi connectivity index (χ1v) is 11.6. The Labute approximate surface area is 201 Å². The second-order valence-corrected chi connectivity index (χ2v) is 9.98. The van der Waals surface area contributed by atoms with E-state index in [4.69, 9.17) is 17.3 Å². The Morgan fingerprint density at radius 3 is 2.65 bits per heavy atom. The van der Waals surface area contributed by atoms with E-state index >= 15 is 0 Å². The predicted molar refractivity (Wildman–Crippen MR) is 124 cm³/mol. The summed E-state index contributed by atoms with van der Waals surface area (Å²) in [5.74, 6) is -0.370. The SMILES string of the molecule is NC1(CN2C(=O)S/C(=C\c3ccc4c(cnn4Cc4ccc(Cl)cc4C(F)(F)F)c3)C2=O)CC1. The van der Waals surface area contributed by atoms with Crippen molar-refractivity contribution in [1.29, 1.82) is 0 Å². The molecule has 0 radical (unpaired) electrons. The van der Waals surface area contributed by atoms with Gasteiger partial charge in [0.15, 0.2) is 0 Å². The van der Waals surface area contributed by atoms with Gasteiger partial charge in [0.25, 0.3) is 11.1 Å². The lowest BCUT2D eigenvalue weighted by Gasteiger charge is -2.16. The van der Waals surface area contributed by atoms with Gasteiger partial charge < -0.3 is 5.73 Å². The predicted octanol–water partition coefficient (Wildman–Crippen LogP) is 5.28. The smallest absolute Gasteiger partial charge is 0.324 e. The lowest BCUT2D eigenvalue weighted by atomic mass is 10.1. The van der Waals surface area contributed by atoms with Crippen LogP contribution in [0.25, 0.3) is 17.0 Å². The molecule has 0 unspecified atom stereocenters. The van der Waals surface area contributed by atoms with E-state index in [1.54, 1.807) is 30.5 Å². The molecule has 34 heavy (non-hydrogen) atoms. The fourth-order valence-corrected chi connectivity index (χ4v) is 4.86. The molecule has 1 saturated carbocycles. The number of alkyl halides is 3. The normalized spacial score (nSPS) is 19.0. The topological polar surface area (TPSA) is 81.2 Å². The number of nitrogens with two attached hydrogens (primary N) is 1. The van der Waals surface area contributed by atoms with Crippen LogP contribution in [0.1, 0.15) is 29.5 Å². The molecule has 0 spiro atoms. The number of halogens is 4. The van der Waals surface area contributed by atoms with E-state index < -0.39 is 17.3 Å². The van der Waals surface area contributed by atoms with Crippen LogP contribution in [-0.4, -0.2) is 37.9 Å². The molecule has 5 rings (SSSR count). The highest BCUT2D eigenvalue weighted by atomic mass is 35.5. The summed E-state index contributed by atoms with van der Waals surface area (Å²) < 4.78 is 41.8. The molecule has 11 heteroatoms. The Balaban J connectivity index is 1.40. The van der Waals surface area contributed by atoms with E-state index in [0.29, 0.717) is 21.4 Å². The fraction of sp³-hybridized carbons (Fsp3) is 0.261. The molecule has 1 aromatic heterocycles. The van der Waals surface area contributed by atoms with Crippen molar-refractivity contribution in [3.63, 3.8) is 0 Å². The van der Waals surface area contributed by atoms with Gasteiger partial charge in [-0.1, -0.05) is 23.7 Å². The van der Waals surface area contributed by atoms with E-state index in [9.17, 15) is 22.8 Å². The minimum absolute atomic E-state index is 0.00853. The quantitative estimate of drug-likeness (QED) is 0.476. The maximum atomic E-state index is 13.4. The van der Waals surface area contributed by atoms with Gasteiger partial charge in [-0.05, 0) is 66.1 Å². The van der Waals surface area contributed by atoms with Crippen LogP contribution in [0, 0.1) is 0 Å². The molecule has 2 fully saturated rings. The van der Waals surface area contributed by atoms with E-state index in [2.05, 4.69) is 5.10 Å². The van der Waals surface area contributed by atoms with Gasteiger partial charge in [-0.15, -0.1) is 0 Å². The number of fused-ring (bicyclic) bond motifs is 1. The van der Waals surface area contributed by atoms with Gasteiger partial charge in [0.05, 0.1) is 28.7 Å².